The van der Waals surface area contributed by atoms with Crippen molar-refractivity contribution in [1.29, 1.82) is 0 Å². The molecule has 0 aliphatic carbocycles. The predicted molar refractivity (Wildman–Crippen MR) is 64.0 cm³/mol. The van der Waals surface area contributed by atoms with Gasteiger partial charge in [-0.2, -0.15) is 0 Å². The number of halogens is 1. The molecule has 0 aromatic carbocycles. The Morgan fingerprint density at radius 1 is 1.29 bits per heavy atom. The number of pyridine rings is 1. The van der Waals surface area contributed by atoms with Crippen molar-refractivity contribution in [2.24, 2.45) is 0 Å². The number of carbonyl (C=O) groups is 1. The minimum atomic E-state index is -0.280. The number of anilines is 1. The summed E-state index contributed by atoms with van der Waals surface area (Å²) in [6.45, 7) is 1.77. The predicted octanol–water partition coefficient (Wildman–Crippen LogP) is 2.09. The van der Waals surface area contributed by atoms with Gasteiger partial charge in [0.2, 0.25) is 0 Å². The molecule has 0 aliphatic rings. The summed E-state index contributed by atoms with van der Waals surface area (Å²) in [6, 6.07) is 3.32. The van der Waals surface area contributed by atoms with Crippen molar-refractivity contribution in [3.05, 3.63) is 47.3 Å². The van der Waals surface area contributed by atoms with E-state index < -0.39 is 0 Å². The van der Waals surface area contributed by atoms with Crippen LogP contribution in [0.2, 0.25) is 5.15 Å². The molecule has 0 bridgehead atoms. The van der Waals surface area contributed by atoms with E-state index in [-0.39, 0.29) is 5.91 Å². The molecular formula is C11H9ClN4O. The van der Waals surface area contributed by atoms with Gasteiger partial charge in [0.15, 0.2) is 0 Å². The Bertz CT molecular complexity index is 544. The van der Waals surface area contributed by atoms with E-state index in [9.17, 15) is 4.79 Å². The highest BCUT2D eigenvalue weighted by Crippen LogP contribution is 2.16. The van der Waals surface area contributed by atoms with Crippen molar-refractivity contribution in [3.63, 3.8) is 0 Å². The van der Waals surface area contributed by atoms with Gasteiger partial charge >= 0.3 is 0 Å². The van der Waals surface area contributed by atoms with Crippen molar-refractivity contribution in [1.82, 2.24) is 15.0 Å². The van der Waals surface area contributed by atoms with Gasteiger partial charge in [-0.3, -0.25) is 4.79 Å². The van der Waals surface area contributed by atoms with Crippen LogP contribution in [-0.4, -0.2) is 20.9 Å². The van der Waals surface area contributed by atoms with Gasteiger partial charge in [-0.15, -0.1) is 0 Å². The van der Waals surface area contributed by atoms with Crippen molar-refractivity contribution >= 4 is 23.2 Å². The van der Waals surface area contributed by atoms with Crippen molar-refractivity contribution in [2.75, 3.05) is 5.32 Å². The van der Waals surface area contributed by atoms with E-state index in [0.717, 1.165) is 0 Å². The fraction of sp³-hybridized carbons (Fsp3) is 0.0909. The zero-order valence-electron chi connectivity index (χ0n) is 9.01. The first-order valence-corrected chi connectivity index (χ1v) is 5.24. The van der Waals surface area contributed by atoms with Crippen molar-refractivity contribution < 1.29 is 4.79 Å². The first-order chi connectivity index (χ1) is 8.16. The maximum Gasteiger partial charge on any atom is 0.258 e. The highest BCUT2D eigenvalue weighted by Gasteiger charge is 2.08. The average molecular weight is 249 g/mol. The summed E-state index contributed by atoms with van der Waals surface area (Å²) in [6.07, 6.45) is 4.26. The second-order valence-electron chi connectivity index (χ2n) is 3.35. The zero-order valence-corrected chi connectivity index (χ0v) is 9.77. The molecule has 0 saturated heterocycles. The lowest BCUT2D eigenvalue weighted by atomic mass is 10.2. The van der Waals surface area contributed by atoms with Gasteiger partial charge in [0.25, 0.3) is 5.91 Å². The Kier molecular flexibility index (Phi) is 3.30. The van der Waals surface area contributed by atoms with E-state index in [2.05, 4.69) is 20.3 Å². The summed E-state index contributed by atoms with van der Waals surface area (Å²) >= 11 is 5.73. The van der Waals surface area contributed by atoms with Crippen molar-refractivity contribution in [3.8, 4) is 0 Å². The molecule has 86 valence electrons. The van der Waals surface area contributed by atoms with E-state index >= 15 is 0 Å². The molecule has 0 radical (unpaired) electrons. The fourth-order valence-corrected chi connectivity index (χ4v) is 1.46. The smallest absolute Gasteiger partial charge is 0.258 e. The molecule has 1 amide bonds. The van der Waals surface area contributed by atoms with Crippen LogP contribution in [0.5, 0.6) is 0 Å². The third-order valence-electron chi connectivity index (χ3n) is 2.12. The first kappa shape index (κ1) is 11.5. The van der Waals surface area contributed by atoms with Gasteiger partial charge in [-0.1, -0.05) is 11.6 Å². The van der Waals surface area contributed by atoms with Crippen LogP contribution in [0.15, 0.2) is 30.9 Å². The van der Waals surface area contributed by atoms with Crippen LogP contribution >= 0.6 is 11.6 Å². The summed E-state index contributed by atoms with van der Waals surface area (Å²) in [4.78, 5) is 23.4. The zero-order chi connectivity index (χ0) is 12.3. The minimum absolute atomic E-state index is 0.280. The molecule has 2 heterocycles. The summed E-state index contributed by atoms with van der Waals surface area (Å²) in [5.74, 6) is -0.280. The lowest BCUT2D eigenvalue weighted by Gasteiger charge is -2.07. The summed E-state index contributed by atoms with van der Waals surface area (Å²) in [5.41, 5.74) is 1.66. The highest BCUT2D eigenvalue weighted by atomic mass is 35.5. The monoisotopic (exact) mass is 248 g/mol. The summed E-state index contributed by atoms with van der Waals surface area (Å²) in [5, 5.41) is 3.11. The molecular weight excluding hydrogens is 240 g/mol. The second kappa shape index (κ2) is 4.88. The largest absolute Gasteiger partial charge is 0.320 e. The van der Waals surface area contributed by atoms with E-state index in [0.29, 0.717) is 22.1 Å². The number of nitrogens with zero attached hydrogens (tertiary/aromatic N) is 3. The number of aromatic nitrogens is 3. The Balaban J connectivity index is 2.19. The number of hydrogen-bond donors (Lipinski definition) is 1. The number of amides is 1. The van der Waals surface area contributed by atoms with E-state index in [4.69, 9.17) is 11.6 Å². The summed E-state index contributed by atoms with van der Waals surface area (Å²) < 4.78 is 0. The Hall–Kier alpha value is -2.01. The molecule has 0 saturated carbocycles. The minimum Gasteiger partial charge on any atom is -0.320 e. The van der Waals surface area contributed by atoms with Crippen LogP contribution in [0, 0.1) is 6.92 Å². The van der Waals surface area contributed by atoms with Gasteiger partial charge in [0.1, 0.15) is 11.5 Å². The SMILES string of the molecule is Cc1nc(Cl)ccc1NC(=O)c1cncnc1. The molecule has 5 nitrogen and oxygen atoms in total. The van der Waals surface area contributed by atoms with E-state index in [1.165, 1.54) is 18.7 Å². The van der Waals surface area contributed by atoms with Crippen LogP contribution in [-0.2, 0) is 0 Å². The number of rotatable bonds is 2. The number of hydrogen-bond acceptors (Lipinski definition) is 4. The van der Waals surface area contributed by atoms with Crippen molar-refractivity contribution in [2.45, 2.75) is 6.92 Å². The number of nitrogens with one attached hydrogen (secondary N) is 1. The molecule has 17 heavy (non-hydrogen) atoms. The molecule has 0 aliphatic heterocycles. The second-order valence-corrected chi connectivity index (χ2v) is 3.74. The molecule has 0 atom stereocenters. The molecule has 0 fully saturated rings. The fourth-order valence-electron chi connectivity index (χ4n) is 1.27. The Morgan fingerprint density at radius 3 is 2.65 bits per heavy atom. The molecule has 1 N–H and O–H groups in total. The molecule has 2 aromatic rings. The highest BCUT2D eigenvalue weighted by molar-refractivity contribution is 6.29. The maximum absolute atomic E-state index is 11.8. The van der Waals surface area contributed by atoms with Gasteiger partial charge in [0.05, 0.1) is 16.9 Å². The quantitative estimate of drug-likeness (QED) is 0.827. The average Bonchev–Trinajstić information content (AvgIpc) is 2.34. The maximum atomic E-state index is 11.8. The van der Waals surface area contributed by atoms with Crippen LogP contribution in [0.3, 0.4) is 0 Å². The van der Waals surface area contributed by atoms with Gasteiger partial charge in [0, 0.05) is 12.4 Å². The molecule has 2 rings (SSSR count). The summed E-state index contributed by atoms with van der Waals surface area (Å²) in [7, 11) is 0. The number of aryl methyl sites for hydroxylation is 1. The molecule has 6 heteroatoms. The topological polar surface area (TPSA) is 67.8 Å². The normalized spacial score (nSPS) is 10.0. The van der Waals surface area contributed by atoms with Crippen LogP contribution in [0.1, 0.15) is 16.1 Å². The van der Waals surface area contributed by atoms with Crippen LogP contribution in [0.25, 0.3) is 0 Å². The lowest BCUT2D eigenvalue weighted by Crippen LogP contribution is -2.13. The molecule has 2 aromatic heterocycles. The lowest BCUT2D eigenvalue weighted by molar-refractivity contribution is 0.102. The van der Waals surface area contributed by atoms with Crippen LogP contribution < -0.4 is 5.32 Å². The first-order valence-electron chi connectivity index (χ1n) is 4.86. The number of carbonyl (C=O) groups excluding carboxylic acids is 1. The molecule has 0 unspecified atom stereocenters. The van der Waals surface area contributed by atoms with Gasteiger partial charge < -0.3 is 5.32 Å². The Morgan fingerprint density at radius 2 is 2.00 bits per heavy atom. The third-order valence-corrected chi connectivity index (χ3v) is 2.33. The Labute approximate surface area is 103 Å². The standard InChI is InChI=1S/C11H9ClN4O/c1-7-9(2-3-10(12)15-7)16-11(17)8-4-13-6-14-5-8/h2-6H,1H3,(H,16,17). The van der Waals surface area contributed by atoms with Gasteiger partial charge in [-0.05, 0) is 19.1 Å². The van der Waals surface area contributed by atoms with Gasteiger partial charge in [-0.25, -0.2) is 15.0 Å². The van der Waals surface area contributed by atoms with E-state index in [1.54, 1.807) is 19.1 Å². The third kappa shape index (κ3) is 2.76. The van der Waals surface area contributed by atoms with E-state index in [1.807, 2.05) is 0 Å². The van der Waals surface area contributed by atoms with Crippen LogP contribution in [0.4, 0.5) is 5.69 Å². The molecule has 0 spiro atoms.